The lowest BCUT2D eigenvalue weighted by molar-refractivity contribution is -0.138. The van der Waals surface area contributed by atoms with Gasteiger partial charge < -0.3 is 14.5 Å². The first kappa shape index (κ1) is 19.4. The lowest BCUT2D eigenvalue weighted by Gasteiger charge is -2.34. The van der Waals surface area contributed by atoms with Crippen LogP contribution in [0.25, 0.3) is 0 Å². The number of rotatable bonds is 5. The molecule has 0 unspecified atom stereocenters. The Hall–Kier alpha value is -3.40. The van der Waals surface area contributed by atoms with Gasteiger partial charge in [-0.2, -0.15) is 5.26 Å². The number of benzene rings is 1. The number of para-hydroxylation sites is 1. The third-order valence-corrected chi connectivity index (χ3v) is 4.65. The monoisotopic (exact) mass is 378 g/mol. The molecule has 1 aliphatic rings. The molecule has 1 aliphatic heterocycles. The molecule has 0 aliphatic carbocycles. The number of aromatic nitrogens is 1. The number of carbonyl (C=O) groups is 2. The Kier molecular flexibility index (Phi) is 5.90. The lowest BCUT2D eigenvalue weighted by Crippen LogP contribution is -2.53. The molecule has 1 saturated heterocycles. The minimum Gasteiger partial charge on any atom is -0.482 e. The maximum absolute atomic E-state index is 12.6. The summed E-state index contributed by atoms with van der Waals surface area (Å²) in [5.74, 6) is 0.132. The van der Waals surface area contributed by atoms with Gasteiger partial charge in [0.15, 0.2) is 6.61 Å². The van der Waals surface area contributed by atoms with Crippen molar-refractivity contribution < 1.29 is 14.3 Å². The van der Waals surface area contributed by atoms with Crippen LogP contribution in [-0.4, -0.2) is 47.9 Å². The second-order valence-corrected chi connectivity index (χ2v) is 6.53. The number of hydrogen-bond acceptors (Lipinski definition) is 5. The predicted octanol–water partition coefficient (Wildman–Crippen LogP) is 2.08. The van der Waals surface area contributed by atoms with Gasteiger partial charge in [0, 0.05) is 18.8 Å². The summed E-state index contributed by atoms with van der Waals surface area (Å²) in [7, 11) is 0. The number of carbonyl (C=O) groups excluding carboxylic acids is 2. The van der Waals surface area contributed by atoms with Gasteiger partial charge in [0.2, 0.25) is 5.91 Å². The molecule has 7 nitrogen and oxygen atoms in total. The first-order valence-electron chi connectivity index (χ1n) is 9.20. The molecule has 0 atom stereocenters. The first-order chi connectivity index (χ1) is 13.5. The van der Waals surface area contributed by atoms with Gasteiger partial charge >= 0.3 is 0 Å². The molecule has 0 saturated carbocycles. The maximum Gasteiger partial charge on any atom is 0.261 e. The number of nitrogens with zero attached hydrogens (tertiary/aromatic N) is 4. The number of aryl methyl sites for hydroxylation is 2. The molecule has 0 spiro atoms. The van der Waals surface area contributed by atoms with E-state index in [1.54, 1.807) is 29.2 Å². The normalized spacial score (nSPS) is 14.0. The second-order valence-electron chi connectivity index (χ2n) is 6.53. The molecular formula is C21H22N4O3. The molecule has 1 aromatic carbocycles. The third-order valence-electron chi connectivity index (χ3n) is 4.65. The van der Waals surface area contributed by atoms with Gasteiger partial charge in [0.25, 0.3) is 5.91 Å². The Bertz CT molecular complexity index is 935. The van der Waals surface area contributed by atoms with Gasteiger partial charge in [0.05, 0.1) is 16.9 Å². The molecule has 0 radical (unpaired) electrons. The quantitative estimate of drug-likeness (QED) is 0.795. The standard InChI is InChI=1S/C21H22N4O3/c1-3-17-19(9-8-15(2)23-17)28-14-21(27)24-10-11-25(20(26)13-24)18-7-5-4-6-16(18)12-22/h4-9H,3,10-11,13-14H2,1-2H3. The molecule has 0 N–H and O–H groups in total. The van der Waals surface area contributed by atoms with Crippen LogP contribution >= 0.6 is 0 Å². The molecule has 7 heteroatoms. The average Bonchev–Trinajstić information content (AvgIpc) is 2.72. The van der Waals surface area contributed by atoms with E-state index in [2.05, 4.69) is 11.1 Å². The van der Waals surface area contributed by atoms with Crippen molar-refractivity contribution in [2.75, 3.05) is 31.1 Å². The van der Waals surface area contributed by atoms with Crippen LogP contribution in [0.1, 0.15) is 23.9 Å². The number of amides is 2. The highest BCUT2D eigenvalue weighted by molar-refractivity contribution is 5.99. The number of anilines is 1. The molecule has 2 amide bonds. The highest BCUT2D eigenvalue weighted by Gasteiger charge is 2.29. The number of nitriles is 1. The van der Waals surface area contributed by atoms with E-state index in [9.17, 15) is 14.9 Å². The minimum atomic E-state index is -0.246. The van der Waals surface area contributed by atoms with Crippen molar-refractivity contribution in [3.63, 3.8) is 0 Å². The summed E-state index contributed by atoms with van der Waals surface area (Å²) >= 11 is 0. The molecule has 1 aromatic heterocycles. The highest BCUT2D eigenvalue weighted by atomic mass is 16.5. The predicted molar refractivity (Wildman–Crippen MR) is 104 cm³/mol. The molecule has 1 fully saturated rings. The van der Waals surface area contributed by atoms with Crippen LogP contribution < -0.4 is 9.64 Å². The zero-order chi connectivity index (χ0) is 20.1. The van der Waals surface area contributed by atoms with Gasteiger partial charge in [-0.1, -0.05) is 19.1 Å². The Labute approximate surface area is 164 Å². The average molecular weight is 378 g/mol. The fourth-order valence-corrected chi connectivity index (χ4v) is 3.16. The highest BCUT2D eigenvalue weighted by Crippen LogP contribution is 2.22. The Balaban J connectivity index is 1.62. The van der Waals surface area contributed by atoms with E-state index < -0.39 is 0 Å². The maximum atomic E-state index is 12.6. The van der Waals surface area contributed by atoms with Crippen molar-refractivity contribution >= 4 is 17.5 Å². The summed E-state index contributed by atoms with van der Waals surface area (Å²) in [6, 6.07) is 12.7. The summed E-state index contributed by atoms with van der Waals surface area (Å²) in [6.07, 6.45) is 0.709. The van der Waals surface area contributed by atoms with Gasteiger partial charge in [-0.15, -0.1) is 0 Å². The first-order valence-corrected chi connectivity index (χ1v) is 9.20. The van der Waals surface area contributed by atoms with Crippen LogP contribution in [0.5, 0.6) is 5.75 Å². The summed E-state index contributed by atoms with van der Waals surface area (Å²) in [6.45, 7) is 4.45. The molecule has 2 heterocycles. The number of pyridine rings is 1. The van der Waals surface area contributed by atoms with E-state index in [1.165, 1.54) is 4.90 Å². The fourth-order valence-electron chi connectivity index (χ4n) is 3.16. The molecule has 2 aromatic rings. The van der Waals surface area contributed by atoms with Gasteiger partial charge in [-0.25, -0.2) is 0 Å². The van der Waals surface area contributed by atoms with Crippen LogP contribution in [0, 0.1) is 18.3 Å². The summed E-state index contributed by atoms with van der Waals surface area (Å²) in [5.41, 5.74) is 2.73. The van der Waals surface area contributed by atoms with E-state index in [4.69, 9.17) is 4.74 Å². The van der Waals surface area contributed by atoms with Gasteiger partial charge in [0.1, 0.15) is 18.4 Å². The molecule has 3 rings (SSSR count). The topological polar surface area (TPSA) is 86.5 Å². The van der Waals surface area contributed by atoms with Crippen LogP contribution in [0.3, 0.4) is 0 Å². The summed E-state index contributed by atoms with van der Waals surface area (Å²) in [4.78, 5) is 32.5. The smallest absolute Gasteiger partial charge is 0.261 e. The van der Waals surface area contributed by atoms with Crippen LogP contribution in [0.2, 0.25) is 0 Å². The summed E-state index contributed by atoms with van der Waals surface area (Å²) < 4.78 is 5.66. The summed E-state index contributed by atoms with van der Waals surface area (Å²) in [5, 5.41) is 9.24. The van der Waals surface area contributed by atoms with E-state index >= 15 is 0 Å². The molecule has 0 bridgehead atoms. The van der Waals surface area contributed by atoms with E-state index in [1.807, 2.05) is 26.0 Å². The van der Waals surface area contributed by atoms with Crippen molar-refractivity contribution in [1.82, 2.24) is 9.88 Å². The third kappa shape index (κ3) is 4.12. The fraction of sp³-hybridized carbons (Fsp3) is 0.333. The van der Waals surface area contributed by atoms with Crippen molar-refractivity contribution in [3.8, 4) is 11.8 Å². The molecular weight excluding hydrogens is 356 g/mol. The minimum absolute atomic E-state index is 0.0330. The van der Waals surface area contributed by atoms with Gasteiger partial charge in [-0.3, -0.25) is 14.6 Å². The molecule has 144 valence electrons. The van der Waals surface area contributed by atoms with E-state index in [-0.39, 0.29) is 25.0 Å². The Morgan fingerprint density at radius 2 is 2.04 bits per heavy atom. The second kappa shape index (κ2) is 8.53. The number of piperazine rings is 1. The number of ether oxygens (including phenoxy) is 1. The zero-order valence-electron chi connectivity index (χ0n) is 16.0. The SMILES string of the molecule is CCc1nc(C)ccc1OCC(=O)N1CCN(c2ccccc2C#N)C(=O)C1. The van der Waals surface area contributed by atoms with Crippen molar-refractivity contribution in [3.05, 3.63) is 53.3 Å². The Morgan fingerprint density at radius 3 is 2.75 bits per heavy atom. The largest absolute Gasteiger partial charge is 0.482 e. The molecule has 28 heavy (non-hydrogen) atoms. The Morgan fingerprint density at radius 1 is 1.25 bits per heavy atom. The lowest BCUT2D eigenvalue weighted by atomic mass is 10.1. The van der Waals surface area contributed by atoms with Crippen LogP contribution in [-0.2, 0) is 16.0 Å². The van der Waals surface area contributed by atoms with Crippen LogP contribution in [0.4, 0.5) is 5.69 Å². The van der Waals surface area contributed by atoms with Crippen LogP contribution in [0.15, 0.2) is 36.4 Å². The van der Waals surface area contributed by atoms with E-state index in [0.717, 1.165) is 11.4 Å². The van der Waals surface area contributed by atoms with Crippen molar-refractivity contribution in [1.29, 1.82) is 5.26 Å². The zero-order valence-corrected chi connectivity index (χ0v) is 16.0. The van der Waals surface area contributed by atoms with Crippen molar-refractivity contribution in [2.24, 2.45) is 0 Å². The van der Waals surface area contributed by atoms with Gasteiger partial charge in [-0.05, 0) is 37.6 Å². The van der Waals surface area contributed by atoms with Crippen molar-refractivity contribution in [2.45, 2.75) is 20.3 Å². The number of hydrogen-bond donors (Lipinski definition) is 0. The van der Waals surface area contributed by atoms with E-state index in [0.29, 0.717) is 36.5 Å².